The second-order valence-corrected chi connectivity index (χ2v) is 5.30. The van der Waals surface area contributed by atoms with Crippen molar-refractivity contribution in [2.45, 2.75) is 31.8 Å². The molecule has 3 nitrogen and oxygen atoms in total. The van der Waals surface area contributed by atoms with E-state index in [0.29, 0.717) is 6.04 Å². The third-order valence-corrected chi connectivity index (χ3v) is 3.80. The molecule has 1 saturated heterocycles. The smallest absolute Gasteiger partial charge is 0.0480 e. The molecule has 0 aromatic heterocycles. The number of benzene rings is 1. The Labute approximate surface area is 110 Å². The summed E-state index contributed by atoms with van der Waals surface area (Å²) in [5.41, 5.74) is 8.78. The van der Waals surface area contributed by atoms with Crippen LogP contribution in [-0.4, -0.2) is 37.7 Å². The van der Waals surface area contributed by atoms with Crippen molar-refractivity contribution in [3.8, 4) is 0 Å². The molecule has 1 aromatic rings. The molecule has 0 radical (unpaired) electrons. The molecule has 1 atom stereocenters. The minimum absolute atomic E-state index is 0.0958. The summed E-state index contributed by atoms with van der Waals surface area (Å²) < 4.78 is 5.39. The first kappa shape index (κ1) is 13.5. The van der Waals surface area contributed by atoms with Crippen molar-refractivity contribution >= 4 is 0 Å². The lowest BCUT2D eigenvalue weighted by Gasteiger charge is -2.32. The Kier molecular flexibility index (Phi) is 4.75. The quantitative estimate of drug-likeness (QED) is 0.887. The van der Waals surface area contributed by atoms with Crippen LogP contribution >= 0.6 is 0 Å². The molecule has 1 fully saturated rings. The Balaban J connectivity index is 1.89. The normalized spacial score (nSPS) is 19.1. The minimum atomic E-state index is 0.0958. The zero-order valence-corrected chi connectivity index (χ0v) is 11.4. The Bertz CT molecular complexity index is 357. The third kappa shape index (κ3) is 3.55. The minimum Gasteiger partial charge on any atom is -0.381 e. The van der Waals surface area contributed by atoms with Crippen LogP contribution in [0.3, 0.4) is 0 Å². The Morgan fingerprint density at radius 3 is 2.50 bits per heavy atom. The summed E-state index contributed by atoms with van der Waals surface area (Å²) >= 11 is 0. The van der Waals surface area contributed by atoms with Gasteiger partial charge >= 0.3 is 0 Å². The van der Waals surface area contributed by atoms with Gasteiger partial charge in [-0.25, -0.2) is 0 Å². The molecular weight excluding hydrogens is 224 g/mol. The number of hydrogen-bond donors (Lipinski definition) is 1. The number of aryl methyl sites for hydroxylation is 1. The largest absolute Gasteiger partial charge is 0.381 e. The highest BCUT2D eigenvalue weighted by atomic mass is 16.5. The van der Waals surface area contributed by atoms with Crippen LogP contribution in [0.2, 0.25) is 0 Å². The number of nitrogens with zero attached hydrogens (tertiary/aromatic N) is 1. The maximum absolute atomic E-state index is 6.28. The van der Waals surface area contributed by atoms with E-state index in [2.05, 4.69) is 43.1 Å². The topological polar surface area (TPSA) is 38.5 Å². The van der Waals surface area contributed by atoms with Gasteiger partial charge in [-0.2, -0.15) is 0 Å². The summed E-state index contributed by atoms with van der Waals surface area (Å²) in [4.78, 5) is 2.38. The van der Waals surface area contributed by atoms with Crippen LogP contribution in [0.25, 0.3) is 0 Å². The molecular formula is C15H24N2O. The third-order valence-electron chi connectivity index (χ3n) is 3.80. The summed E-state index contributed by atoms with van der Waals surface area (Å²) in [6.07, 6.45) is 2.24. The van der Waals surface area contributed by atoms with Crippen LogP contribution in [0.5, 0.6) is 0 Å². The first-order valence-corrected chi connectivity index (χ1v) is 6.77. The highest BCUT2D eigenvalue weighted by Gasteiger charge is 2.20. The van der Waals surface area contributed by atoms with Gasteiger partial charge in [0, 0.05) is 31.8 Å². The number of likely N-dealkylation sites (N-methyl/N-ethyl adjacent to an activating group) is 1. The van der Waals surface area contributed by atoms with Crippen molar-refractivity contribution in [3.05, 3.63) is 35.4 Å². The Hall–Kier alpha value is -0.900. The van der Waals surface area contributed by atoms with Crippen molar-refractivity contribution in [2.24, 2.45) is 5.73 Å². The van der Waals surface area contributed by atoms with Crippen molar-refractivity contribution in [2.75, 3.05) is 26.8 Å². The highest BCUT2D eigenvalue weighted by molar-refractivity contribution is 5.24. The van der Waals surface area contributed by atoms with E-state index in [1.807, 2.05) is 0 Å². The van der Waals surface area contributed by atoms with Crippen LogP contribution in [0, 0.1) is 6.92 Å². The second-order valence-electron chi connectivity index (χ2n) is 5.30. The number of hydrogen-bond acceptors (Lipinski definition) is 3. The summed E-state index contributed by atoms with van der Waals surface area (Å²) in [7, 11) is 2.17. The van der Waals surface area contributed by atoms with E-state index in [-0.39, 0.29) is 6.04 Å². The van der Waals surface area contributed by atoms with Gasteiger partial charge in [-0.15, -0.1) is 0 Å². The highest BCUT2D eigenvalue weighted by Crippen LogP contribution is 2.17. The molecule has 3 heteroatoms. The summed E-state index contributed by atoms with van der Waals surface area (Å²) in [5, 5.41) is 0. The van der Waals surface area contributed by atoms with E-state index >= 15 is 0 Å². The molecule has 0 aliphatic carbocycles. The molecule has 1 aliphatic heterocycles. The van der Waals surface area contributed by atoms with E-state index < -0.39 is 0 Å². The molecule has 0 saturated carbocycles. The van der Waals surface area contributed by atoms with Gasteiger partial charge in [0.2, 0.25) is 0 Å². The van der Waals surface area contributed by atoms with Gasteiger partial charge in [0.25, 0.3) is 0 Å². The Morgan fingerprint density at radius 2 is 1.89 bits per heavy atom. The van der Waals surface area contributed by atoms with E-state index in [1.165, 1.54) is 11.1 Å². The molecule has 1 aromatic carbocycles. The van der Waals surface area contributed by atoms with Crippen LogP contribution in [0.4, 0.5) is 0 Å². The van der Waals surface area contributed by atoms with Crippen molar-refractivity contribution in [1.82, 2.24) is 4.90 Å². The van der Waals surface area contributed by atoms with Gasteiger partial charge in [-0.1, -0.05) is 29.8 Å². The fraction of sp³-hybridized carbons (Fsp3) is 0.600. The number of ether oxygens (including phenoxy) is 1. The van der Waals surface area contributed by atoms with Gasteiger partial charge in [0.05, 0.1) is 0 Å². The molecule has 2 rings (SSSR count). The number of rotatable bonds is 4. The SMILES string of the molecule is Cc1ccc(C(N)CN(C)C2CCOCC2)cc1. The fourth-order valence-electron chi connectivity index (χ4n) is 2.50. The molecule has 2 N–H and O–H groups in total. The average Bonchev–Trinajstić information content (AvgIpc) is 2.40. The van der Waals surface area contributed by atoms with Crippen LogP contribution in [0.15, 0.2) is 24.3 Å². The average molecular weight is 248 g/mol. The lowest BCUT2D eigenvalue weighted by molar-refractivity contribution is 0.0413. The van der Waals surface area contributed by atoms with Gasteiger partial charge in [-0.3, -0.25) is 0 Å². The molecule has 1 heterocycles. The van der Waals surface area contributed by atoms with Crippen LogP contribution in [-0.2, 0) is 4.74 Å². The summed E-state index contributed by atoms with van der Waals surface area (Å²) in [6.45, 7) is 4.78. The van der Waals surface area contributed by atoms with Gasteiger partial charge in [0.1, 0.15) is 0 Å². The van der Waals surface area contributed by atoms with E-state index in [0.717, 1.165) is 32.6 Å². The lowest BCUT2D eigenvalue weighted by atomic mass is 10.0. The van der Waals surface area contributed by atoms with Crippen molar-refractivity contribution in [1.29, 1.82) is 0 Å². The maximum atomic E-state index is 6.28. The predicted molar refractivity (Wildman–Crippen MR) is 74.6 cm³/mol. The zero-order chi connectivity index (χ0) is 13.0. The van der Waals surface area contributed by atoms with Gasteiger partial charge in [0.15, 0.2) is 0 Å². The molecule has 1 unspecified atom stereocenters. The van der Waals surface area contributed by atoms with Gasteiger partial charge in [-0.05, 0) is 32.4 Å². The molecule has 1 aliphatic rings. The van der Waals surface area contributed by atoms with Crippen molar-refractivity contribution in [3.63, 3.8) is 0 Å². The lowest BCUT2D eigenvalue weighted by Crippen LogP contribution is -2.40. The maximum Gasteiger partial charge on any atom is 0.0480 e. The summed E-state index contributed by atoms with van der Waals surface area (Å²) in [6, 6.07) is 9.25. The molecule has 100 valence electrons. The standard InChI is InChI=1S/C15H24N2O/c1-12-3-5-13(6-4-12)15(16)11-17(2)14-7-9-18-10-8-14/h3-6,14-15H,7-11,16H2,1-2H3. The Morgan fingerprint density at radius 1 is 1.28 bits per heavy atom. The molecule has 18 heavy (non-hydrogen) atoms. The number of nitrogens with two attached hydrogens (primary N) is 1. The molecule has 0 bridgehead atoms. The molecule has 0 spiro atoms. The first-order valence-electron chi connectivity index (χ1n) is 6.77. The monoisotopic (exact) mass is 248 g/mol. The predicted octanol–water partition coefficient (Wildman–Crippen LogP) is 2.11. The van der Waals surface area contributed by atoms with E-state index in [4.69, 9.17) is 10.5 Å². The zero-order valence-electron chi connectivity index (χ0n) is 11.4. The van der Waals surface area contributed by atoms with Crippen LogP contribution in [0.1, 0.15) is 30.0 Å². The fourth-order valence-corrected chi connectivity index (χ4v) is 2.50. The van der Waals surface area contributed by atoms with Gasteiger partial charge < -0.3 is 15.4 Å². The first-order chi connectivity index (χ1) is 8.66. The van der Waals surface area contributed by atoms with E-state index in [1.54, 1.807) is 0 Å². The van der Waals surface area contributed by atoms with Crippen molar-refractivity contribution < 1.29 is 4.74 Å². The second kappa shape index (κ2) is 6.32. The molecule has 0 amide bonds. The van der Waals surface area contributed by atoms with E-state index in [9.17, 15) is 0 Å². The van der Waals surface area contributed by atoms with Crippen LogP contribution < -0.4 is 5.73 Å². The summed E-state index contributed by atoms with van der Waals surface area (Å²) in [5.74, 6) is 0.